The molecule has 0 radical (unpaired) electrons. The van der Waals surface area contributed by atoms with Crippen LogP contribution in [0.5, 0.6) is 0 Å². The lowest BCUT2D eigenvalue weighted by Crippen LogP contribution is -2.51. The number of anilines is 6. The third-order valence-corrected chi connectivity index (χ3v) is 10.8. The largest absolute Gasteiger partial charge is 0.391 e. The Morgan fingerprint density at radius 1 is 0.465 bits per heavy atom. The number of hydrogen-bond donors (Lipinski definition) is 0. The van der Waals surface area contributed by atoms with Crippen molar-refractivity contribution < 1.29 is 8.85 Å². The van der Waals surface area contributed by atoms with Crippen LogP contribution >= 0.6 is 0 Å². The van der Waals surface area contributed by atoms with Crippen molar-refractivity contribution in [3.8, 4) is 0 Å². The van der Waals surface area contributed by atoms with E-state index in [1.165, 1.54) is 16.7 Å². The van der Waals surface area contributed by atoms with Gasteiger partial charge in [-0.05, 0) is 113 Å². The summed E-state index contributed by atoms with van der Waals surface area (Å²) in [6.07, 6.45) is 0. The molecule has 5 aromatic rings. The maximum absolute atomic E-state index is 6.18. The molecule has 43 heavy (non-hydrogen) atoms. The average molecular weight is 587 g/mol. The van der Waals surface area contributed by atoms with Crippen LogP contribution in [0.25, 0.3) is 0 Å². The summed E-state index contributed by atoms with van der Waals surface area (Å²) >= 11 is 0. The van der Waals surface area contributed by atoms with Crippen LogP contribution in [-0.4, -0.2) is 21.8 Å². The van der Waals surface area contributed by atoms with Gasteiger partial charge in [0.05, 0.1) is 0 Å². The van der Waals surface area contributed by atoms with Crippen LogP contribution in [0, 0.1) is 20.8 Å². The second kappa shape index (κ2) is 13.4. The fourth-order valence-corrected chi connectivity index (χ4v) is 7.71. The Morgan fingerprint density at radius 2 is 0.791 bits per heavy atom. The summed E-state index contributed by atoms with van der Waals surface area (Å²) in [7, 11) is -2.48. The maximum Gasteiger partial charge on any atom is 0.369 e. The van der Waals surface area contributed by atoms with Gasteiger partial charge in [0.2, 0.25) is 0 Å². The molecule has 0 heterocycles. The maximum atomic E-state index is 6.18. The predicted octanol–water partition coefficient (Wildman–Crippen LogP) is 9.90. The highest BCUT2D eigenvalue weighted by Crippen LogP contribution is 2.40. The fourth-order valence-electron chi connectivity index (χ4n) is 5.42. The summed E-state index contributed by atoms with van der Waals surface area (Å²) in [5.74, 6) is 0. The Labute approximate surface area is 258 Å². The number of rotatable bonds is 11. The molecule has 220 valence electrons. The van der Waals surface area contributed by atoms with Crippen LogP contribution in [0.1, 0.15) is 30.5 Å². The van der Waals surface area contributed by atoms with E-state index in [1.54, 1.807) is 0 Å². The minimum absolute atomic E-state index is 0.630. The van der Waals surface area contributed by atoms with Gasteiger partial charge in [0.25, 0.3) is 0 Å². The van der Waals surface area contributed by atoms with E-state index in [0.717, 1.165) is 39.3 Å². The third-order valence-electron chi connectivity index (χ3n) is 7.71. The summed E-state index contributed by atoms with van der Waals surface area (Å²) in [5.41, 5.74) is 10.3. The van der Waals surface area contributed by atoms with E-state index in [1.807, 2.05) is 13.8 Å². The van der Waals surface area contributed by atoms with Crippen molar-refractivity contribution in [3.05, 3.63) is 138 Å². The van der Waals surface area contributed by atoms with Gasteiger partial charge in [-0.3, -0.25) is 0 Å². The van der Waals surface area contributed by atoms with Crippen molar-refractivity contribution in [2.24, 2.45) is 0 Å². The van der Waals surface area contributed by atoms with E-state index in [4.69, 9.17) is 8.85 Å². The minimum Gasteiger partial charge on any atom is -0.391 e. The smallest absolute Gasteiger partial charge is 0.369 e. The Balaban J connectivity index is 1.61. The first-order valence-electron chi connectivity index (χ1n) is 15.1. The first-order chi connectivity index (χ1) is 20.8. The molecule has 0 amide bonds. The molecule has 5 rings (SSSR count). The highest BCUT2D eigenvalue weighted by molar-refractivity contribution is 6.80. The van der Waals surface area contributed by atoms with Crippen LogP contribution in [0.3, 0.4) is 0 Å². The molecule has 0 aromatic heterocycles. The fraction of sp³-hybridized carbons (Fsp3) is 0.211. The monoisotopic (exact) mass is 586 g/mol. The molecule has 5 aromatic carbocycles. The lowest BCUT2D eigenvalue weighted by Gasteiger charge is -2.30. The molecular weight excluding hydrogens is 545 g/mol. The average Bonchev–Trinajstić information content (AvgIpc) is 3.01. The van der Waals surface area contributed by atoms with E-state index in [9.17, 15) is 0 Å². The molecular formula is C38H42N2O2Si. The van der Waals surface area contributed by atoms with Gasteiger partial charge in [-0.15, -0.1) is 0 Å². The lowest BCUT2D eigenvalue weighted by molar-refractivity contribution is 0.202. The van der Waals surface area contributed by atoms with Crippen LogP contribution in [0.2, 0.25) is 6.55 Å². The second-order valence-electron chi connectivity index (χ2n) is 11.1. The molecule has 4 nitrogen and oxygen atoms in total. The van der Waals surface area contributed by atoms with Crippen LogP contribution < -0.4 is 15.0 Å². The van der Waals surface area contributed by atoms with Crippen molar-refractivity contribution >= 4 is 47.9 Å². The Morgan fingerprint density at radius 3 is 1.12 bits per heavy atom. The Hall–Kier alpha value is -4.16. The van der Waals surface area contributed by atoms with E-state index in [2.05, 4.69) is 158 Å². The highest BCUT2D eigenvalue weighted by atomic mass is 28.4. The van der Waals surface area contributed by atoms with Crippen molar-refractivity contribution in [2.75, 3.05) is 23.0 Å². The summed E-state index contributed by atoms with van der Waals surface area (Å²) in [5, 5.41) is 1.13. The second-order valence-corrected chi connectivity index (χ2v) is 14.1. The van der Waals surface area contributed by atoms with Gasteiger partial charge in [0.1, 0.15) is 0 Å². The Bertz CT molecular complexity index is 1560. The molecule has 0 aliphatic carbocycles. The first kappa shape index (κ1) is 30.3. The van der Waals surface area contributed by atoms with Gasteiger partial charge in [0, 0.05) is 47.3 Å². The molecule has 0 aliphatic rings. The van der Waals surface area contributed by atoms with E-state index < -0.39 is 8.56 Å². The molecule has 0 aliphatic heterocycles. The number of benzene rings is 5. The molecule has 0 atom stereocenters. The van der Waals surface area contributed by atoms with Gasteiger partial charge in [-0.25, -0.2) is 0 Å². The van der Waals surface area contributed by atoms with E-state index in [0.29, 0.717) is 13.2 Å². The predicted molar refractivity (Wildman–Crippen MR) is 185 cm³/mol. The standard InChI is InChI=1S/C38H42N2O2Si/c1-7-41-43(6,42-8-2)38-26-24-35(25-27-38)40(34-22-16-31(5)17-23-34)37-11-9-10-36(28-37)39(32-18-12-29(3)13-19-32)33-20-14-30(4)15-21-33/h9-28H,7-8H2,1-6H3. The quantitative estimate of drug-likeness (QED) is 0.144. The normalized spacial score (nSPS) is 11.4. The SMILES string of the molecule is CCO[Si](C)(OCC)c1ccc(N(c2ccc(C)cc2)c2cccc(N(c3ccc(C)cc3)c3ccc(C)cc3)c2)cc1. The zero-order valence-electron chi connectivity index (χ0n) is 26.2. The summed E-state index contributed by atoms with van der Waals surface area (Å²) in [4.78, 5) is 4.63. The van der Waals surface area contributed by atoms with E-state index in [-0.39, 0.29) is 0 Å². The van der Waals surface area contributed by atoms with Crippen LogP contribution in [-0.2, 0) is 8.85 Å². The molecule has 5 heteroatoms. The van der Waals surface area contributed by atoms with E-state index >= 15 is 0 Å². The zero-order valence-corrected chi connectivity index (χ0v) is 27.2. The Kier molecular flexibility index (Phi) is 9.46. The molecule has 0 N–H and O–H groups in total. The van der Waals surface area contributed by atoms with Crippen LogP contribution in [0.4, 0.5) is 34.1 Å². The van der Waals surface area contributed by atoms with Crippen molar-refractivity contribution in [2.45, 2.75) is 41.2 Å². The van der Waals surface area contributed by atoms with Crippen LogP contribution in [0.15, 0.2) is 121 Å². The molecule has 0 saturated carbocycles. The number of aryl methyl sites for hydroxylation is 3. The highest BCUT2D eigenvalue weighted by Gasteiger charge is 2.33. The molecule has 0 unspecified atom stereocenters. The summed E-state index contributed by atoms with van der Waals surface area (Å²) in [6.45, 7) is 13.8. The minimum atomic E-state index is -2.48. The third kappa shape index (κ3) is 6.91. The van der Waals surface area contributed by atoms with Gasteiger partial charge in [-0.1, -0.05) is 71.3 Å². The van der Waals surface area contributed by atoms with Gasteiger partial charge in [0.15, 0.2) is 0 Å². The van der Waals surface area contributed by atoms with Gasteiger partial charge in [-0.2, -0.15) is 0 Å². The zero-order chi connectivity index (χ0) is 30.4. The summed E-state index contributed by atoms with van der Waals surface area (Å²) in [6, 6.07) is 43.6. The lowest BCUT2D eigenvalue weighted by atomic mass is 10.1. The molecule has 0 spiro atoms. The summed E-state index contributed by atoms with van der Waals surface area (Å²) < 4.78 is 12.4. The molecule has 0 bridgehead atoms. The van der Waals surface area contributed by atoms with Gasteiger partial charge < -0.3 is 18.7 Å². The number of hydrogen-bond acceptors (Lipinski definition) is 4. The van der Waals surface area contributed by atoms with Crippen molar-refractivity contribution in [1.82, 2.24) is 0 Å². The molecule has 0 fully saturated rings. The van der Waals surface area contributed by atoms with Crippen molar-refractivity contribution in [1.29, 1.82) is 0 Å². The molecule has 0 saturated heterocycles. The number of nitrogens with zero attached hydrogens (tertiary/aromatic N) is 2. The first-order valence-corrected chi connectivity index (χ1v) is 17.4. The van der Waals surface area contributed by atoms with Crippen molar-refractivity contribution in [3.63, 3.8) is 0 Å². The topological polar surface area (TPSA) is 24.9 Å². The van der Waals surface area contributed by atoms with Gasteiger partial charge >= 0.3 is 8.56 Å².